The molecule has 0 saturated carbocycles. The Balaban J connectivity index is 1.38. The van der Waals surface area contributed by atoms with E-state index in [-0.39, 0.29) is 5.54 Å². The van der Waals surface area contributed by atoms with Gasteiger partial charge in [0, 0.05) is 41.9 Å². The monoisotopic (exact) mass is 448 g/mol. The lowest BCUT2D eigenvalue weighted by Gasteiger charge is -2.43. The average Bonchev–Trinajstić information content (AvgIpc) is 3.51. The van der Waals surface area contributed by atoms with Crippen molar-refractivity contribution in [1.82, 2.24) is 14.9 Å². The van der Waals surface area contributed by atoms with Gasteiger partial charge < -0.3 is 10.1 Å². The molecule has 1 N–H and O–H groups in total. The average molecular weight is 449 g/mol. The maximum Gasteiger partial charge on any atom is 0.125 e. The van der Waals surface area contributed by atoms with E-state index in [0.29, 0.717) is 0 Å². The van der Waals surface area contributed by atoms with Gasteiger partial charge in [-0.1, -0.05) is 13.0 Å². The van der Waals surface area contributed by atoms with Gasteiger partial charge >= 0.3 is 0 Å². The van der Waals surface area contributed by atoms with E-state index in [2.05, 4.69) is 58.5 Å². The van der Waals surface area contributed by atoms with Crippen LogP contribution in [0.5, 0.6) is 0 Å². The molecular formula is C24H24N4OS2. The zero-order chi connectivity index (χ0) is 20.8. The fraction of sp³-hybridized carbons (Fsp3) is 0.333. The molecule has 0 atom stereocenters. The number of pyridine rings is 1. The van der Waals surface area contributed by atoms with Crippen LogP contribution in [0, 0.1) is 0 Å². The van der Waals surface area contributed by atoms with Crippen molar-refractivity contribution in [2.45, 2.75) is 25.3 Å². The second kappa shape index (κ2) is 7.67. The SMILES string of the molecule is CCN1CC=C(c2cc3c(Nc4ccc5scnc5c4)ccnc3s2)C12CCOCC2. The molecule has 0 radical (unpaired) electrons. The predicted octanol–water partition coefficient (Wildman–Crippen LogP) is 5.92. The summed E-state index contributed by atoms with van der Waals surface area (Å²) in [4.78, 5) is 14.2. The van der Waals surface area contributed by atoms with Gasteiger partial charge in [-0.05, 0) is 55.3 Å². The molecule has 0 unspecified atom stereocenters. The molecule has 7 heteroatoms. The highest BCUT2D eigenvalue weighted by Gasteiger charge is 2.45. The Morgan fingerprint density at radius 1 is 1.16 bits per heavy atom. The number of likely N-dealkylation sites (N-methyl/N-ethyl adjacent to an activating group) is 1. The molecule has 1 saturated heterocycles. The Morgan fingerprint density at radius 3 is 2.94 bits per heavy atom. The van der Waals surface area contributed by atoms with Crippen LogP contribution in [0.4, 0.5) is 11.4 Å². The highest BCUT2D eigenvalue weighted by Crippen LogP contribution is 2.47. The Labute approximate surface area is 189 Å². The highest BCUT2D eigenvalue weighted by atomic mass is 32.1. The molecule has 1 spiro atoms. The Morgan fingerprint density at radius 2 is 2.06 bits per heavy atom. The first-order chi connectivity index (χ1) is 15.3. The Hall–Kier alpha value is -2.32. The summed E-state index contributed by atoms with van der Waals surface area (Å²) < 4.78 is 6.93. The van der Waals surface area contributed by atoms with Crippen molar-refractivity contribution in [2.75, 3.05) is 31.6 Å². The summed E-state index contributed by atoms with van der Waals surface area (Å²) >= 11 is 3.47. The fourth-order valence-electron chi connectivity index (χ4n) is 5.07. The molecule has 2 aliphatic heterocycles. The lowest BCUT2D eigenvalue weighted by Crippen LogP contribution is -2.49. The van der Waals surface area contributed by atoms with Crippen LogP contribution in [0.1, 0.15) is 24.6 Å². The van der Waals surface area contributed by atoms with E-state index in [9.17, 15) is 0 Å². The third-order valence-electron chi connectivity index (χ3n) is 6.63. The zero-order valence-corrected chi connectivity index (χ0v) is 19.1. The fourth-order valence-corrected chi connectivity index (χ4v) is 6.88. The van der Waals surface area contributed by atoms with Crippen LogP contribution in [0.15, 0.2) is 48.1 Å². The Bertz CT molecular complexity index is 1290. The van der Waals surface area contributed by atoms with Gasteiger partial charge in [-0.2, -0.15) is 0 Å². The van der Waals surface area contributed by atoms with Crippen molar-refractivity contribution >= 4 is 60.1 Å². The second-order valence-corrected chi connectivity index (χ2v) is 10.1. The van der Waals surface area contributed by atoms with Gasteiger partial charge in [0.25, 0.3) is 0 Å². The van der Waals surface area contributed by atoms with E-state index in [1.54, 1.807) is 22.7 Å². The number of thiazole rings is 1. The first-order valence-corrected chi connectivity index (χ1v) is 12.5. The van der Waals surface area contributed by atoms with Gasteiger partial charge in [-0.3, -0.25) is 4.90 Å². The Kier molecular flexibility index (Phi) is 4.79. The third kappa shape index (κ3) is 3.19. The van der Waals surface area contributed by atoms with Crippen LogP contribution in [-0.2, 0) is 4.74 Å². The summed E-state index contributed by atoms with van der Waals surface area (Å²) in [5.74, 6) is 0. The number of anilines is 2. The maximum absolute atomic E-state index is 5.73. The smallest absolute Gasteiger partial charge is 0.125 e. The number of thiophene rings is 1. The summed E-state index contributed by atoms with van der Waals surface area (Å²) in [5, 5.41) is 4.78. The quantitative estimate of drug-likeness (QED) is 0.420. The number of hydrogen-bond donors (Lipinski definition) is 1. The summed E-state index contributed by atoms with van der Waals surface area (Å²) in [6.07, 6.45) is 6.46. The van der Waals surface area contributed by atoms with Gasteiger partial charge in [0.2, 0.25) is 0 Å². The molecule has 0 bridgehead atoms. The van der Waals surface area contributed by atoms with Crippen molar-refractivity contribution in [2.24, 2.45) is 0 Å². The third-order valence-corrected chi connectivity index (χ3v) is 8.52. The zero-order valence-electron chi connectivity index (χ0n) is 17.4. The van der Waals surface area contributed by atoms with E-state index >= 15 is 0 Å². The topological polar surface area (TPSA) is 50.3 Å². The van der Waals surface area contributed by atoms with Gasteiger partial charge in [0.15, 0.2) is 0 Å². The van der Waals surface area contributed by atoms with Crippen LogP contribution in [0.25, 0.3) is 26.0 Å². The van der Waals surface area contributed by atoms with Gasteiger partial charge in [-0.25, -0.2) is 9.97 Å². The predicted molar refractivity (Wildman–Crippen MR) is 131 cm³/mol. The van der Waals surface area contributed by atoms with Gasteiger partial charge in [0.1, 0.15) is 4.83 Å². The molecule has 1 aromatic carbocycles. The van der Waals surface area contributed by atoms with Gasteiger partial charge in [-0.15, -0.1) is 22.7 Å². The number of rotatable bonds is 4. The first-order valence-electron chi connectivity index (χ1n) is 10.8. The number of benzene rings is 1. The minimum absolute atomic E-state index is 0.108. The van der Waals surface area contributed by atoms with Gasteiger partial charge in [0.05, 0.1) is 27.0 Å². The maximum atomic E-state index is 5.73. The van der Waals surface area contributed by atoms with Crippen molar-refractivity contribution in [1.29, 1.82) is 0 Å². The second-order valence-electron chi connectivity index (χ2n) is 8.15. The molecule has 2 aliphatic rings. The number of nitrogens with one attached hydrogen (secondary N) is 1. The number of fused-ring (bicyclic) bond motifs is 2. The minimum atomic E-state index is 0.108. The van der Waals surface area contributed by atoms with Crippen LogP contribution in [0.3, 0.4) is 0 Å². The van der Waals surface area contributed by atoms with Crippen LogP contribution < -0.4 is 5.32 Å². The van der Waals surface area contributed by atoms with Crippen molar-refractivity contribution in [3.05, 3.63) is 53.0 Å². The summed E-state index contributed by atoms with van der Waals surface area (Å²) in [7, 11) is 0. The summed E-state index contributed by atoms with van der Waals surface area (Å²) in [6.45, 7) is 6.02. The van der Waals surface area contributed by atoms with E-state index < -0.39 is 0 Å². The molecular weight excluding hydrogens is 424 g/mol. The largest absolute Gasteiger partial charge is 0.381 e. The minimum Gasteiger partial charge on any atom is -0.381 e. The molecule has 6 rings (SSSR count). The molecule has 0 amide bonds. The highest BCUT2D eigenvalue weighted by molar-refractivity contribution is 7.19. The van der Waals surface area contributed by atoms with Crippen LogP contribution in [-0.4, -0.2) is 46.7 Å². The molecule has 4 aromatic rings. The van der Waals surface area contributed by atoms with Crippen LogP contribution in [0.2, 0.25) is 0 Å². The molecule has 5 heterocycles. The molecule has 3 aromatic heterocycles. The standard InChI is InChI=1S/C24H24N4OS2/c1-2-28-10-6-18(24(28)7-11-29-12-8-24)22-14-17-19(5-9-25-23(17)31-22)27-16-3-4-21-20(13-16)26-15-30-21/h3-6,9,13-15H,2,7-8,10-12H2,1H3,(H,25,27). The first kappa shape index (κ1) is 19.4. The molecule has 0 aliphatic carbocycles. The summed E-state index contributed by atoms with van der Waals surface area (Å²) in [5.41, 5.74) is 6.65. The molecule has 1 fully saturated rings. The molecule has 158 valence electrons. The molecule has 5 nitrogen and oxygen atoms in total. The number of aromatic nitrogens is 2. The summed E-state index contributed by atoms with van der Waals surface area (Å²) in [6, 6.07) is 10.8. The lowest BCUT2D eigenvalue weighted by atomic mass is 9.82. The van der Waals surface area contributed by atoms with Crippen LogP contribution >= 0.6 is 22.7 Å². The lowest BCUT2D eigenvalue weighted by molar-refractivity contribution is 0.0145. The van der Waals surface area contributed by atoms with Crippen molar-refractivity contribution in [3.8, 4) is 0 Å². The van der Waals surface area contributed by atoms with E-state index in [0.717, 1.165) is 60.9 Å². The van der Waals surface area contributed by atoms with Crippen molar-refractivity contribution < 1.29 is 4.74 Å². The number of nitrogens with zero attached hydrogens (tertiary/aromatic N) is 3. The van der Waals surface area contributed by atoms with Crippen molar-refractivity contribution in [3.63, 3.8) is 0 Å². The number of hydrogen-bond acceptors (Lipinski definition) is 7. The van der Waals surface area contributed by atoms with E-state index in [4.69, 9.17) is 9.72 Å². The van der Waals surface area contributed by atoms with E-state index in [1.165, 1.54) is 20.5 Å². The number of ether oxygens (including phenoxy) is 1. The molecule has 31 heavy (non-hydrogen) atoms. The normalized spacial score (nSPS) is 18.8. The van der Waals surface area contributed by atoms with E-state index in [1.807, 2.05) is 11.7 Å².